The third kappa shape index (κ3) is 4.01. The van der Waals surface area contributed by atoms with Gasteiger partial charge >= 0.3 is 0 Å². The van der Waals surface area contributed by atoms with Crippen LogP contribution < -0.4 is 10.2 Å². The first-order valence-corrected chi connectivity index (χ1v) is 9.23. The fourth-order valence-corrected chi connectivity index (χ4v) is 3.53. The Morgan fingerprint density at radius 2 is 1.85 bits per heavy atom. The molecule has 5 nitrogen and oxygen atoms in total. The molecule has 1 saturated heterocycles. The quantitative estimate of drug-likeness (QED) is 0.756. The normalized spacial score (nSPS) is 20.0. The van der Waals surface area contributed by atoms with E-state index in [0.29, 0.717) is 31.1 Å². The summed E-state index contributed by atoms with van der Waals surface area (Å²) >= 11 is 0. The van der Waals surface area contributed by atoms with Crippen molar-refractivity contribution in [3.8, 4) is 0 Å². The molecule has 1 N–H and O–H groups in total. The number of para-hydroxylation sites is 2. The van der Waals surface area contributed by atoms with Crippen molar-refractivity contribution >= 4 is 22.5 Å². The van der Waals surface area contributed by atoms with Crippen molar-refractivity contribution in [2.45, 2.75) is 32.6 Å². The van der Waals surface area contributed by atoms with E-state index in [1.54, 1.807) is 12.3 Å². The lowest BCUT2D eigenvalue weighted by Crippen LogP contribution is -2.45. The minimum atomic E-state index is -0.208. The number of hydrogen-bond acceptors (Lipinski definition) is 5. The lowest BCUT2D eigenvalue weighted by atomic mass is 10.1. The van der Waals surface area contributed by atoms with Gasteiger partial charge in [-0.25, -0.2) is 9.37 Å². The van der Waals surface area contributed by atoms with Gasteiger partial charge in [-0.15, -0.1) is 0 Å². The highest BCUT2D eigenvalue weighted by atomic mass is 19.1. The van der Waals surface area contributed by atoms with Crippen LogP contribution in [0, 0.1) is 5.82 Å². The molecule has 1 aliphatic heterocycles. The molecule has 2 heterocycles. The molecular formula is C21H23FN4O. The van der Waals surface area contributed by atoms with Gasteiger partial charge in [-0.05, 0) is 43.7 Å². The maximum absolute atomic E-state index is 14.7. The van der Waals surface area contributed by atoms with Gasteiger partial charge in [0.2, 0.25) is 0 Å². The van der Waals surface area contributed by atoms with Crippen molar-refractivity contribution in [2.24, 2.45) is 0 Å². The average molecular weight is 366 g/mol. The molecular weight excluding hydrogens is 343 g/mol. The van der Waals surface area contributed by atoms with Crippen LogP contribution in [0.5, 0.6) is 0 Å². The molecule has 0 spiro atoms. The van der Waals surface area contributed by atoms with Gasteiger partial charge in [0.25, 0.3) is 0 Å². The van der Waals surface area contributed by atoms with Crippen LogP contribution in [0.25, 0.3) is 11.0 Å². The second-order valence-electron chi connectivity index (χ2n) is 7.05. The molecule has 0 unspecified atom stereocenters. The highest BCUT2D eigenvalue weighted by molar-refractivity contribution is 5.75. The van der Waals surface area contributed by atoms with Crippen LogP contribution in [0.4, 0.5) is 15.9 Å². The topological polar surface area (TPSA) is 50.3 Å². The van der Waals surface area contributed by atoms with E-state index < -0.39 is 0 Å². The number of nitrogens with zero attached hydrogens (tertiary/aromatic N) is 3. The molecule has 2 atom stereocenters. The van der Waals surface area contributed by atoms with E-state index in [0.717, 1.165) is 16.6 Å². The zero-order chi connectivity index (χ0) is 18.8. The molecule has 0 bridgehead atoms. The predicted octanol–water partition coefficient (Wildman–Crippen LogP) is 3.99. The molecule has 0 amide bonds. The van der Waals surface area contributed by atoms with Gasteiger partial charge in [0.15, 0.2) is 0 Å². The molecule has 4 rings (SSSR count). The number of nitrogens with one attached hydrogen (secondary N) is 1. The Bertz CT molecular complexity index is 938. The van der Waals surface area contributed by atoms with Crippen LogP contribution in [0.15, 0.2) is 48.7 Å². The number of anilines is 2. The van der Waals surface area contributed by atoms with Crippen LogP contribution >= 0.6 is 0 Å². The molecule has 1 aromatic heterocycles. The maximum Gasteiger partial charge on any atom is 0.146 e. The lowest BCUT2D eigenvalue weighted by molar-refractivity contribution is -0.00539. The molecule has 0 aliphatic carbocycles. The van der Waals surface area contributed by atoms with Crippen molar-refractivity contribution in [1.82, 2.24) is 9.97 Å². The van der Waals surface area contributed by atoms with Gasteiger partial charge in [0.05, 0.1) is 35.1 Å². The Hall–Kier alpha value is -2.73. The number of halogens is 1. The summed E-state index contributed by atoms with van der Waals surface area (Å²) < 4.78 is 20.4. The third-order valence-corrected chi connectivity index (χ3v) is 4.69. The molecule has 0 radical (unpaired) electrons. The van der Waals surface area contributed by atoms with Crippen LogP contribution in [0.3, 0.4) is 0 Å². The first kappa shape index (κ1) is 17.7. The van der Waals surface area contributed by atoms with E-state index >= 15 is 0 Å². The van der Waals surface area contributed by atoms with E-state index in [-0.39, 0.29) is 18.0 Å². The van der Waals surface area contributed by atoms with Crippen molar-refractivity contribution in [1.29, 1.82) is 0 Å². The van der Waals surface area contributed by atoms with Crippen LogP contribution in [0.1, 0.15) is 19.4 Å². The van der Waals surface area contributed by atoms with Crippen molar-refractivity contribution in [3.05, 3.63) is 60.0 Å². The van der Waals surface area contributed by atoms with E-state index in [2.05, 4.69) is 20.2 Å². The molecule has 1 fully saturated rings. The highest BCUT2D eigenvalue weighted by Crippen LogP contribution is 2.25. The van der Waals surface area contributed by atoms with Gasteiger partial charge in [-0.3, -0.25) is 4.98 Å². The van der Waals surface area contributed by atoms with E-state index in [1.165, 1.54) is 0 Å². The summed E-state index contributed by atoms with van der Waals surface area (Å²) in [6.45, 7) is 5.92. The fraction of sp³-hybridized carbons (Fsp3) is 0.333. The van der Waals surface area contributed by atoms with Gasteiger partial charge in [0.1, 0.15) is 11.6 Å². The van der Waals surface area contributed by atoms with Gasteiger partial charge in [-0.2, -0.15) is 0 Å². The number of aromatic nitrogens is 2. The lowest BCUT2D eigenvalue weighted by Gasteiger charge is -2.37. The Morgan fingerprint density at radius 3 is 2.59 bits per heavy atom. The number of ether oxygens (including phenoxy) is 1. The standard InChI is InChI=1S/C21H23FN4O/c1-14-12-26(13-15(2)27-14)20-8-7-16(9-17(20)22)10-24-21-11-23-18-5-3-4-6-19(18)25-21/h3-9,11,14-15H,10,12-13H2,1-2H3,(H,24,25)/t14-,15-/m1/s1. The smallest absolute Gasteiger partial charge is 0.146 e. The first-order valence-electron chi connectivity index (χ1n) is 9.23. The molecule has 6 heteroatoms. The van der Waals surface area contributed by atoms with Crippen LogP contribution in [-0.4, -0.2) is 35.3 Å². The van der Waals surface area contributed by atoms with Crippen molar-refractivity contribution < 1.29 is 9.13 Å². The second kappa shape index (κ2) is 7.48. The van der Waals surface area contributed by atoms with Crippen LogP contribution in [0.2, 0.25) is 0 Å². The van der Waals surface area contributed by atoms with Crippen molar-refractivity contribution in [2.75, 3.05) is 23.3 Å². The molecule has 0 saturated carbocycles. The fourth-order valence-electron chi connectivity index (χ4n) is 3.53. The maximum atomic E-state index is 14.7. The zero-order valence-electron chi connectivity index (χ0n) is 15.5. The predicted molar refractivity (Wildman–Crippen MR) is 105 cm³/mol. The largest absolute Gasteiger partial charge is 0.372 e. The Labute approximate surface area is 158 Å². The minimum absolute atomic E-state index is 0.0981. The molecule has 1 aliphatic rings. The number of hydrogen-bond donors (Lipinski definition) is 1. The van der Waals surface area contributed by atoms with Gasteiger partial charge in [-0.1, -0.05) is 18.2 Å². The zero-order valence-corrected chi connectivity index (χ0v) is 15.5. The molecule has 2 aromatic carbocycles. The van der Waals surface area contributed by atoms with E-state index in [9.17, 15) is 4.39 Å². The number of fused-ring (bicyclic) bond motifs is 1. The average Bonchev–Trinajstić information content (AvgIpc) is 2.65. The second-order valence-corrected chi connectivity index (χ2v) is 7.05. The summed E-state index contributed by atoms with van der Waals surface area (Å²) in [4.78, 5) is 11.0. The highest BCUT2D eigenvalue weighted by Gasteiger charge is 2.24. The van der Waals surface area contributed by atoms with Gasteiger partial charge in [0, 0.05) is 19.6 Å². The van der Waals surface area contributed by atoms with Gasteiger partial charge < -0.3 is 15.0 Å². The summed E-state index contributed by atoms with van der Waals surface area (Å²) in [6.07, 6.45) is 1.89. The monoisotopic (exact) mass is 366 g/mol. The summed E-state index contributed by atoms with van der Waals surface area (Å²) in [5.41, 5.74) is 3.18. The molecule has 3 aromatic rings. The SMILES string of the molecule is C[C@@H]1CN(c2ccc(CNc3cnc4ccccc4n3)cc2F)C[C@@H](C)O1. The Kier molecular flexibility index (Phi) is 4.90. The number of morpholine rings is 1. The minimum Gasteiger partial charge on any atom is -0.372 e. The Balaban J connectivity index is 1.45. The van der Waals surface area contributed by atoms with Crippen LogP contribution in [-0.2, 0) is 11.3 Å². The number of benzene rings is 2. The summed E-state index contributed by atoms with van der Waals surface area (Å²) in [5, 5.41) is 3.22. The van der Waals surface area contributed by atoms with E-state index in [1.807, 2.05) is 50.2 Å². The molecule has 27 heavy (non-hydrogen) atoms. The third-order valence-electron chi connectivity index (χ3n) is 4.69. The first-order chi connectivity index (χ1) is 13.1. The molecule has 140 valence electrons. The summed E-state index contributed by atoms with van der Waals surface area (Å²) in [6, 6.07) is 13.1. The Morgan fingerprint density at radius 1 is 1.11 bits per heavy atom. The summed E-state index contributed by atoms with van der Waals surface area (Å²) in [7, 11) is 0. The van der Waals surface area contributed by atoms with E-state index in [4.69, 9.17) is 4.74 Å². The summed E-state index contributed by atoms with van der Waals surface area (Å²) in [5.74, 6) is 0.467. The van der Waals surface area contributed by atoms with Crippen molar-refractivity contribution in [3.63, 3.8) is 0 Å². The number of rotatable bonds is 4.